The van der Waals surface area contributed by atoms with E-state index in [2.05, 4.69) is 41.7 Å². The lowest BCUT2D eigenvalue weighted by Crippen LogP contribution is -2.02. The number of nitrogens with one attached hydrogen (secondary N) is 2. The molecule has 0 fully saturated rings. The molecule has 2 heterocycles. The molecule has 0 saturated heterocycles. The van der Waals surface area contributed by atoms with E-state index in [-0.39, 0.29) is 0 Å². The second kappa shape index (κ2) is 6.43. The van der Waals surface area contributed by atoms with E-state index in [0.29, 0.717) is 44.2 Å². The van der Waals surface area contributed by atoms with Crippen LogP contribution in [-0.4, -0.2) is 15.1 Å². The van der Waals surface area contributed by atoms with Crippen LogP contribution in [0.5, 0.6) is 0 Å². The number of anilines is 5. The minimum Gasteiger partial charge on any atom is -0.399 e. The summed E-state index contributed by atoms with van der Waals surface area (Å²) in [4.78, 5) is 8.58. The van der Waals surface area contributed by atoms with Gasteiger partial charge in [-0.3, -0.25) is 0 Å². The fourth-order valence-electron chi connectivity index (χ4n) is 1.82. The Labute approximate surface area is 145 Å². The first-order valence-corrected chi connectivity index (χ1v) is 7.73. The fourth-order valence-corrected chi connectivity index (χ4v) is 2.28. The summed E-state index contributed by atoms with van der Waals surface area (Å²) in [6.45, 7) is 1.81. The maximum absolute atomic E-state index is 6.13. The van der Waals surface area contributed by atoms with Crippen LogP contribution in [0.4, 0.5) is 29.0 Å². The smallest absolute Gasteiger partial charge is 0.229 e. The topological polar surface area (TPSA) is 102 Å². The van der Waals surface area contributed by atoms with E-state index in [1.54, 1.807) is 30.5 Å². The zero-order valence-corrected chi connectivity index (χ0v) is 14.3. The van der Waals surface area contributed by atoms with Gasteiger partial charge < -0.3 is 20.9 Å². The molecule has 7 nitrogen and oxygen atoms in total. The number of nitrogens with two attached hydrogens (primary N) is 1. The highest BCUT2D eigenvalue weighted by atomic mass is 79.9. The lowest BCUT2D eigenvalue weighted by Gasteiger charge is -2.10. The fraction of sp³-hybridized carbons (Fsp3) is 0.0714. The molecular formula is C14H12BrClN6O. The largest absolute Gasteiger partial charge is 0.399 e. The molecule has 1 aromatic carbocycles. The van der Waals surface area contributed by atoms with Crippen LogP contribution in [0, 0.1) is 6.92 Å². The molecule has 0 bridgehead atoms. The number of hydrogen-bond acceptors (Lipinski definition) is 7. The maximum Gasteiger partial charge on any atom is 0.229 e. The van der Waals surface area contributed by atoms with E-state index in [0.717, 1.165) is 0 Å². The van der Waals surface area contributed by atoms with E-state index in [9.17, 15) is 0 Å². The van der Waals surface area contributed by atoms with Crippen LogP contribution < -0.4 is 16.4 Å². The van der Waals surface area contributed by atoms with Gasteiger partial charge in [-0.1, -0.05) is 16.8 Å². The molecule has 2 aromatic heterocycles. The van der Waals surface area contributed by atoms with Gasteiger partial charge in [-0.05, 0) is 41.1 Å². The van der Waals surface area contributed by atoms with Gasteiger partial charge in [0.2, 0.25) is 5.95 Å². The maximum atomic E-state index is 6.13. The van der Waals surface area contributed by atoms with Gasteiger partial charge in [0.15, 0.2) is 11.6 Å². The third-order valence-electron chi connectivity index (χ3n) is 2.86. The molecular weight excluding hydrogens is 384 g/mol. The van der Waals surface area contributed by atoms with Crippen molar-refractivity contribution in [3.63, 3.8) is 0 Å². The Balaban J connectivity index is 1.86. The molecule has 0 aliphatic rings. The molecule has 0 aliphatic carbocycles. The number of aromatic nitrogens is 3. The summed E-state index contributed by atoms with van der Waals surface area (Å²) in [6, 6.07) is 6.89. The SMILES string of the molecule is Cc1cc(Nc2nc(Nc3cc(N)ccc3Cl)ncc2Br)no1. The van der Waals surface area contributed by atoms with Crippen LogP contribution in [0.25, 0.3) is 0 Å². The highest BCUT2D eigenvalue weighted by Gasteiger charge is 2.09. The summed E-state index contributed by atoms with van der Waals surface area (Å²) >= 11 is 9.52. The number of hydrogen-bond donors (Lipinski definition) is 3. The molecule has 0 radical (unpaired) electrons. The van der Waals surface area contributed by atoms with Gasteiger partial charge in [-0.15, -0.1) is 0 Å². The summed E-state index contributed by atoms with van der Waals surface area (Å²) in [5.74, 6) is 2.15. The van der Waals surface area contributed by atoms with E-state index < -0.39 is 0 Å². The Morgan fingerprint density at radius 1 is 1.26 bits per heavy atom. The molecule has 0 unspecified atom stereocenters. The van der Waals surface area contributed by atoms with Crippen molar-refractivity contribution in [1.82, 2.24) is 15.1 Å². The van der Waals surface area contributed by atoms with Gasteiger partial charge in [0.25, 0.3) is 0 Å². The van der Waals surface area contributed by atoms with Crippen molar-refractivity contribution in [2.75, 3.05) is 16.4 Å². The van der Waals surface area contributed by atoms with E-state index in [1.807, 2.05) is 6.92 Å². The first-order chi connectivity index (χ1) is 11.0. The predicted octanol–water partition coefficient (Wildman–Crippen LogP) is 4.26. The summed E-state index contributed by atoms with van der Waals surface area (Å²) in [5.41, 5.74) is 6.97. The van der Waals surface area contributed by atoms with Gasteiger partial charge in [0.1, 0.15) is 5.76 Å². The van der Waals surface area contributed by atoms with Crippen LogP contribution >= 0.6 is 27.5 Å². The Kier molecular flexibility index (Phi) is 4.35. The number of aryl methyl sites for hydroxylation is 1. The van der Waals surface area contributed by atoms with Crippen molar-refractivity contribution in [3.05, 3.63) is 45.7 Å². The third-order valence-corrected chi connectivity index (χ3v) is 3.77. The van der Waals surface area contributed by atoms with Crippen LogP contribution in [-0.2, 0) is 0 Å². The number of rotatable bonds is 4. The standard InChI is InChI=1S/C14H12BrClN6O/c1-7-4-12(22-23-7)20-13-9(15)6-18-14(21-13)19-11-5-8(17)2-3-10(11)16/h2-6H,17H2,1H3,(H2,18,19,20,21,22). The second-order valence-corrected chi connectivity index (χ2v) is 5.96. The summed E-state index contributed by atoms with van der Waals surface area (Å²) in [7, 11) is 0. The van der Waals surface area contributed by atoms with Crippen molar-refractivity contribution >= 4 is 56.5 Å². The average Bonchev–Trinajstić information content (AvgIpc) is 2.92. The summed E-state index contributed by atoms with van der Waals surface area (Å²) < 4.78 is 5.70. The Bertz CT molecular complexity index is 853. The van der Waals surface area contributed by atoms with Gasteiger partial charge in [-0.25, -0.2) is 4.98 Å². The quantitative estimate of drug-likeness (QED) is 0.567. The van der Waals surface area contributed by atoms with Crippen LogP contribution in [0.15, 0.2) is 39.5 Å². The van der Waals surface area contributed by atoms with E-state index >= 15 is 0 Å². The van der Waals surface area contributed by atoms with Crippen molar-refractivity contribution < 1.29 is 4.52 Å². The summed E-state index contributed by atoms with van der Waals surface area (Å²) in [5, 5.41) is 10.5. The molecule has 9 heteroatoms. The number of halogens is 2. The number of nitrogens with zero attached hydrogens (tertiary/aromatic N) is 3. The monoisotopic (exact) mass is 394 g/mol. The number of nitrogen functional groups attached to an aromatic ring is 1. The number of benzene rings is 1. The zero-order chi connectivity index (χ0) is 16.4. The molecule has 0 aliphatic heterocycles. The highest BCUT2D eigenvalue weighted by molar-refractivity contribution is 9.10. The van der Waals surface area contributed by atoms with Crippen molar-refractivity contribution in [2.45, 2.75) is 6.92 Å². The molecule has 3 rings (SSSR count). The van der Waals surface area contributed by atoms with E-state index in [4.69, 9.17) is 21.9 Å². The average molecular weight is 396 g/mol. The molecule has 118 valence electrons. The third kappa shape index (κ3) is 3.72. The molecule has 23 heavy (non-hydrogen) atoms. The minimum absolute atomic E-state index is 0.364. The lowest BCUT2D eigenvalue weighted by molar-refractivity contribution is 0.400. The molecule has 0 spiro atoms. The minimum atomic E-state index is 0.364. The first kappa shape index (κ1) is 15.6. The molecule has 0 atom stereocenters. The molecule has 3 aromatic rings. The molecule has 0 amide bonds. The Morgan fingerprint density at radius 2 is 2.09 bits per heavy atom. The van der Waals surface area contributed by atoms with E-state index in [1.165, 1.54) is 0 Å². The first-order valence-electron chi connectivity index (χ1n) is 6.56. The van der Waals surface area contributed by atoms with Crippen LogP contribution in [0.1, 0.15) is 5.76 Å². The van der Waals surface area contributed by atoms with Crippen molar-refractivity contribution in [2.24, 2.45) is 0 Å². The van der Waals surface area contributed by atoms with Crippen molar-refractivity contribution in [1.29, 1.82) is 0 Å². The normalized spacial score (nSPS) is 10.6. The van der Waals surface area contributed by atoms with Crippen molar-refractivity contribution in [3.8, 4) is 0 Å². The predicted molar refractivity (Wildman–Crippen MR) is 93.4 cm³/mol. The highest BCUT2D eigenvalue weighted by Crippen LogP contribution is 2.28. The van der Waals surface area contributed by atoms with Gasteiger partial charge in [0.05, 0.1) is 15.2 Å². The van der Waals surface area contributed by atoms with Gasteiger partial charge in [0, 0.05) is 18.0 Å². The Morgan fingerprint density at radius 3 is 2.83 bits per heavy atom. The zero-order valence-electron chi connectivity index (χ0n) is 12.0. The lowest BCUT2D eigenvalue weighted by atomic mass is 10.3. The summed E-state index contributed by atoms with van der Waals surface area (Å²) in [6.07, 6.45) is 1.62. The molecule has 0 saturated carbocycles. The molecule has 4 N–H and O–H groups in total. The van der Waals surface area contributed by atoms with Crippen LogP contribution in [0.3, 0.4) is 0 Å². The van der Waals surface area contributed by atoms with Gasteiger partial charge >= 0.3 is 0 Å². The van der Waals surface area contributed by atoms with Crippen LogP contribution in [0.2, 0.25) is 5.02 Å². The van der Waals surface area contributed by atoms with Gasteiger partial charge in [-0.2, -0.15) is 4.98 Å². The Hall–Kier alpha value is -2.32. The second-order valence-electron chi connectivity index (χ2n) is 4.70.